The van der Waals surface area contributed by atoms with E-state index in [4.69, 9.17) is 5.73 Å². The second-order valence-electron chi connectivity index (χ2n) is 5.81. The van der Waals surface area contributed by atoms with Crippen molar-refractivity contribution in [3.05, 3.63) is 34.3 Å². The quantitative estimate of drug-likeness (QED) is 0.890. The van der Waals surface area contributed by atoms with Gasteiger partial charge in [-0.3, -0.25) is 0 Å². The molecule has 108 valence electrons. The molecule has 0 saturated heterocycles. The molecule has 0 bridgehead atoms. The van der Waals surface area contributed by atoms with Crippen LogP contribution in [0.15, 0.2) is 28.7 Å². The third-order valence-corrected chi connectivity index (χ3v) is 6.21. The topological polar surface area (TPSA) is 60.2 Å². The van der Waals surface area contributed by atoms with E-state index in [0.717, 1.165) is 10.0 Å². The summed E-state index contributed by atoms with van der Waals surface area (Å²) in [6.07, 6.45) is 1.19. The lowest BCUT2D eigenvalue weighted by molar-refractivity contribution is 0.549. The fourth-order valence-electron chi connectivity index (χ4n) is 1.68. The van der Waals surface area contributed by atoms with Crippen molar-refractivity contribution in [2.75, 3.05) is 5.75 Å². The largest absolute Gasteiger partial charge is 0.327 e. The average molecular weight is 348 g/mol. The minimum atomic E-state index is -3.08. The fraction of sp³-hybridized carbons (Fsp3) is 0.571. The van der Waals surface area contributed by atoms with E-state index in [9.17, 15) is 8.42 Å². The maximum Gasteiger partial charge on any atom is 0.155 e. The Bertz CT molecular complexity index is 520. The highest BCUT2D eigenvalue weighted by molar-refractivity contribution is 9.10. The van der Waals surface area contributed by atoms with Crippen LogP contribution in [0.1, 0.15) is 32.8 Å². The summed E-state index contributed by atoms with van der Waals surface area (Å²) in [5.74, 6) is 0.145. The Morgan fingerprint density at radius 2 is 1.95 bits per heavy atom. The normalized spacial score (nSPS) is 14.4. The molecule has 0 heterocycles. The van der Waals surface area contributed by atoms with E-state index in [1.165, 1.54) is 0 Å². The smallest absolute Gasteiger partial charge is 0.155 e. The van der Waals surface area contributed by atoms with E-state index < -0.39 is 14.6 Å². The molecule has 5 heteroatoms. The maximum atomic E-state index is 12.0. The Morgan fingerprint density at radius 1 is 1.32 bits per heavy atom. The Hall–Kier alpha value is -0.390. The van der Waals surface area contributed by atoms with Crippen LogP contribution in [-0.4, -0.2) is 25.0 Å². The Labute approximate surface area is 124 Å². The minimum Gasteiger partial charge on any atom is -0.327 e. The van der Waals surface area contributed by atoms with Gasteiger partial charge in [0, 0.05) is 10.5 Å². The molecule has 0 aromatic heterocycles. The molecule has 0 amide bonds. The lowest BCUT2D eigenvalue weighted by Crippen LogP contribution is -2.34. The van der Waals surface area contributed by atoms with Gasteiger partial charge in [0.25, 0.3) is 0 Å². The number of hydrogen-bond donors (Lipinski definition) is 1. The van der Waals surface area contributed by atoms with Gasteiger partial charge in [-0.25, -0.2) is 8.42 Å². The van der Waals surface area contributed by atoms with Gasteiger partial charge in [0.05, 0.1) is 10.5 Å². The summed E-state index contributed by atoms with van der Waals surface area (Å²) in [4.78, 5) is 0. The summed E-state index contributed by atoms with van der Waals surface area (Å²) in [6.45, 7) is 5.17. The minimum absolute atomic E-state index is 0.133. The van der Waals surface area contributed by atoms with Crippen LogP contribution < -0.4 is 5.73 Å². The first-order valence-corrected chi connectivity index (χ1v) is 8.79. The summed E-state index contributed by atoms with van der Waals surface area (Å²) in [6, 6.07) is 7.80. The first-order chi connectivity index (χ1) is 8.62. The highest BCUT2D eigenvalue weighted by atomic mass is 79.9. The average Bonchev–Trinajstić information content (AvgIpc) is 2.25. The van der Waals surface area contributed by atoms with Crippen molar-refractivity contribution >= 4 is 25.8 Å². The van der Waals surface area contributed by atoms with Gasteiger partial charge in [-0.05, 0) is 51.3 Å². The number of sulfone groups is 1. The second kappa shape index (κ2) is 6.37. The van der Waals surface area contributed by atoms with Gasteiger partial charge in [0.2, 0.25) is 0 Å². The molecule has 3 nitrogen and oxygen atoms in total. The Balaban J connectivity index is 2.56. The van der Waals surface area contributed by atoms with Crippen LogP contribution in [0.2, 0.25) is 0 Å². The molecule has 2 N–H and O–H groups in total. The number of rotatable bonds is 5. The van der Waals surface area contributed by atoms with Gasteiger partial charge < -0.3 is 5.73 Å². The van der Waals surface area contributed by atoms with E-state index in [1.54, 1.807) is 20.8 Å². The molecule has 0 aliphatic heterocycles. The van der Waals surface area contributed by atoms with Crippen molar-refractivity contribution in [2.45, 2.75) is 44.4 Å². The molecule has 0 fully saturated rings. The van der Waals surface area contributed by atoms with Gasteiger partial charge in [0.15, 0.2) is 9.84 Å². The lowest BCUT2D eigenvalue weighted by Gasteiger charge is -2.20. The summed E-state index contributed by atoms with van der Waals surface area (Å²) in [5.41, 5.74) is 7.15. The molecule has 1 aromatic rings. The maximum absolute atomic E-state index is 12.0. The summed E-state index contributed by atoms with van der Waals surface area (Å²) in [7, 11) is -3.08. The zero-order valence-corrected chi connectivity index (χ0v) is 14.1. The van der Waals surface area contributed by atoms with E-state index in [0.29, 0.717) is 12.8 Å². The molecule has 1 unspecified atom stereocenters. The van der Waals surface area contributed by atoms with Gasteiger partial charge in [-0.2, -0.15) is 0 Å². The van der Waals surface area contributed by atoms with Crippen LogP contribution in [0.3, 0.4) is 0 Å². The van der Waals surface area contributed by atoms with Crippen molar-refractivity contribution in [3.63, 3.8) is 0 Å². The molecule has 0 aliphatic rings. The SMILES string of the molecule is CC(C)(C)S(=O)(=O)CCC(N)Cc1cccc(Br)c1. The Morgan fingerprint density at radius 3 is 2.47 bits per heavy atom. The molecule has 1 rings (SSSR count). The van der Waals surface area contributed by atoms with Gasteiger partial charge >= 0.3 is 0 Å². The fourth-order valence-corrected chi connectivity index (χ4v) is 3.35. The molecule has 1 aromatic carbocycles. The van der Waals surface area contributed by atoms with Crippen molar-refractivity contribution in [1.82, 2.24) is 0 Å². The van der Waals surface area contributed by atoms with Gasteiger partial charge in [0.1, 0.15) is 0 Å². The number of nitrogens with two attached hydrogens (primary N) is 1. The third-order valence-electron chi connectivity index (χ3n) is 3.08. The zero-order valence-electron chi connectivity index (χ0n) is 11.7. The van der Waals surface area contributed by atoms with Crippen LogP contribution in [0.25, 0.3) is 0 Å². The predicted octanol–water partition coefficient (Wildman–Crippen LogP) is 2.92. The summed E-state index contributed by atoms with van der Waals surface area (Å²) in [5, 5.41) is 0. The highest BCUT2D eigenvalue weighted by Gasteiger charge is 2.28. The van der Waals surface area contributed by atoms with E-state index >= 15 is 0 Å². The summed E-state index contributed by atoms with van der Waals surface area (Å²) >= 11 is 3.41. The van der Waals surface area contributed by atoms with Crippen molar-refractivity contribution in [1.29, 1.82) is 0 Å². The standard InChI is InChI=1S/C14H22BrNO2S/c1-14(2,3)19(17,18)8-7-13(16)10-11-5-4-6-12(15)9-11/h4-6,9,13H,7-8,10,16H2,1-3H3. The van der Waals surface area contributed by atoms with E-state index in [2.05, 4.69) is 15.9 Å². The number of halogens is 1. The van der Waals surface area contributed by atoms with E-state index in [-0.39, 0.29) is 11.8 Å². The van der Waals surface area contributed by atoms with Crippen LogP contribution in [0.5, 0.6) is 0 Å². The van der Waals surface area contributed by atoms with Gasteiger partial charge in [-0.15, -0.1) is 0 Å². The molecule has 0 radical (unpaired) electrons. The molecular formula is C14H22BrNO2S. The number of hydrogen-bond acceptors (Lipinski definition) is 3. The highest BCUT2D eigenvalue weighted by Crippen LogP contribution is 2.18. The number of benzene rings is 1. The first kappa shape index (κ1) is 16.7. The lowest BCUT2D eigenvalue weighted by atomic mass is 10.1. The van der Waals surface area contributed by atoms with Gasteiger partial charge in [-0.1, -0.05) is 28.1 Å². The van der Waals surface area contributed by atoms with Crippen LogP contribution in [-0.2, 0) is 16.3 Å². The molecular weight excluding hydrogens is 326 g/mol. The molecule has 0 aliphatic carbocycles. The predicted molar refractivity (Wildman–Crippen MR) is 84.0 cm³/mol. The van der Waals surface area contributed by atoms with Crippen molar-refractivity contribution < 1.29 is 8.42 Å². The first-order valence-electron chi connectivity index (χ1n) is 6.34. The molecule has 0 saturated carbocycles. The van der Waals surface area contributed by atoms with Crippen molar-refractivity contribution in [3.8, 4) is 0 Å². The third kappa shape index (κ3) is 5.24. The monoisotopic (exact) mass is 347 g/mol. The van der Waals surface area contributed by atoms with Crippen LogP contribution >= 0.6 is 15.9 Å². The van der Waals surface area contributed by atoms with E-state index in [1.807, 2.05) is 24.3 Å². The molecule has 0 spiro atoms. The Kier molecular flexibility index (Phi) is 5.59. The molecule has 19 heavy (non-hydrogen) atoms. The molecule has 1 atom stereocenters. The van der Waals surface area contributed by atoms with Crippen LogP contribution in [0, 0.1) is 0 Å². The van der Waals surface area contributed by atoms with Crippen LogP contribution in [0.4, 0.5) is 0 Å². The second-order valence-corrected chi connectivity index (χ2v) is 9.59. The van der Waals surface area contributed by atoms with Crippen molar-refractivity contribution in [2.24, 2.45) is 5.73 Å². The summed E-state index contributed by atoms with van der Waals surface area (Å²) < 4.78 is 24.3. The zero-order chi connectivity index (χ0) is 14.7.